The van der Waals surface area contributed by atoms with Gasteiger partial charge >= 0.3 is 6.61 Å². The van der Waals surface area contributed by atoms with E-state index in [1.54, 1.807) is 19.9 Å². The first-order valence-electron chi connectivity index (χ1n) is 7.98. The van der Waals surface area contributed by atoms with Gasteiger partial charge in [-0.3, -0.25) is 4.79 Å². The van der Waals surface area contributed by atoms with E-state index in [-0.39, 0.29) is 11.5 Å². The van der Waals surface area contributed by atoms with Crippen LogP contribution in [0.2, 0.25) is 0 Å². The fourth-order valence-corrected chi connectivity index (χ4v) is 2.61. The van der Waals surface area contributed by atoms with Crippen molar-refractivity contribution in [1.82, 2.24) is 19.9 Å². The maximum absolute atomic E-state index is 14.0. The van der Waals surface area contributed by atoms with E-state index in [1.165, 1.54) is 18.5 Å². The molecule has 0 fully saturated rings. The monoisotopic (exact) mass is 376 g/mol. The minimum Gasteiger partial charge on any atom is -0.432 e. The average Bonchev–Trinajstić information content (AvgIpc) is 2.62. The summed E-state index contributed by atoms with van der Waals surface area (Å²) < 4.78 is 42.6. The molecule has 3 rings (SSSR count). The number of aromatic nitrogens is 4. The third-order valence-corrected chi connectivity index (χ3v) is 3.93. The van der Waals surface area contributed by atoms with Crippen LogP contribution in [0.3, 0.4) is 0 Å². The zero-order valence-electron chi connectivity index (χ0n) is 14.4. The van der Waals surface area contributed by atoms with Crippen molar-refractivity contribution in [2.24, 2.45) is 0 Å². The van der Waals surface area contributed by atoms with E-state index in [1.807, 2.05) is 0 Å². The van der Waals surface area contributed by atoms with Crippen molar-refractivity contribution in [2.75, 3.05) is 0 Å². The summed E-state index contributed by atoms with van der Waals surface area (Å²) in [6.45, 7) is 0.337. The minimum atomic E-state index is -3.10. The SMILES string of the molecule is Cc1nc(-c2cc([C@@H](C)c3ccc(OC(F)F)c(F)c3)ncn2)cc(=O)[nH]1. The van der Waals surface area contributed by atoms with Gasteiger partial charge in [0, 0.05) is 12.0 Å². The fourth-order valence-electron chi connectivity index (χ4n) is 2.61. The summed E-state index contributed by atoms with van der Waals surface area (Å²) in [7, 11) is 0. The number of alkyl halides is 2. The summed E-state index contributed by atoms with van der Waals surface area (Å²) in [5.74, 6) is -1.32. The van der Waals surface area contributed by atoms with Gasteiger partial charge in [0.05, 0.1) is 17.1 Å². The van der Waals surface area contributed by atoms with E-state index in [0.717, 1.165) is 12.1 Å². The highest BCUT2D eigenvalue weighted by Crippen LogP contribution is 2.28. The van der Waals surface area contributed by atoms with E-state index in [0.29, 0.717) is 28.5 Å². The highest BCUT2D eigenvalue weighted by Gasteiger charge is 2.16. The summed E-state index contributed by atoms with van der Waals surface area (Å²) in [4.78, 5) is 26.7. The third kappa shape index (κ3) is 4.30. The molecule has 1 N–H and O–H groups in total. The molecule has 9 heteroatoms. The van der Waals surface area contributed by atoms with Crippen LogP contribution in [0.15, 0.2) is 41.5 Å². The Bertz CT molecular complexity index is 1020. The Kier molecular flexibility index (Phi) is 5.20. The second-order valence-corrected chi connectivity index (χ2v) is 5.83. The zero-order valence-corrected chi connectivity index (χ0v) is 14.4. The van der Waals surface area contributed by atoms with Crippen molar-refractivity contribution in [2.45, 2.75) is 26.4 Å². The number of H-pyrrole nitrogens is 1. The van der Waals surface area contributed by atoms with Crippen LogP contribution in [-0.2, 0) is 0 Å². The second kappa shape index (κ2) is 7.56. The predicted molar refractivity (Wildman–Crippen MR) is 91.2 cm³/mol. The summed E-state index contributed by atoms with van der Waals surface area (Å²) in [5.41, 5.74) is 1.61. The molecule has 0 bridgehead atoms. The number of halogens is 3. The molecule has 0 radical (unpaired) electrons. The summed E-state index contributed by atoms with van der Waals surface area (Å²) in [6.07, 6.45) is 1.32. The standard InChI is InChI=1S/C18H15F3N4O2/c1-9(11-3-4-16(12(19)5-11)27-18(20)21)13-6-14(23-8-22-13)15-7-17(26)25-10(2)24-15/h3-9,18H,1-2H3,(H,24,25,26)/t9-/m0/s1. The van der Waals surface area contributed by atoms with Crippen LogP contribution >= 0.6 is 0 Å². The minimum absolute atomic E-state index is 0.303. The van der Waals surface area contributed by atoms with Crippen LogP contribution in [0, 0.1) is 12.7 Å². The molecule has 140 valence electrons. The van der Waals surface area contributed by atoms with Crippen molar-refractivity contribution >= 4 is 0 Å². The van der Waals surface area contributed by atoms with Crippen molar-refractivity contribution in [1.29, 1.82) is 0 Å². The van der Waals surface area contributed by atoms with Crippen LogP contribution in [-0.4, -0.2) is 26.5 Å². The lowest BCUT2D eigenvalue weighted by Crippen LogP contribution is -2.09. The van der Waals surface area contributed by atoms with E-state index in [9.17, 15) is 18.0 Å². The quantitative estimate of drug-likeness (QED) is 0.738. The molecule has 2 heterocycles. The van der Waals surface area contributed by atoms with Crippen molar-refractivity contribution in [3.05, 3.63) is 69.9 Å². The largest absolute Gasteiger partial charge is 0.432 e. The Hall–Kier alpha value is -3.23. The van der Waals surface area contributed by atoms with Gasteiger partial charge in [0.15, 0.2) is 11.6 Å². The highest BCUT2D eigenvalue weighted by atomic mass is 19.3. The first-order chi connectivity index (χ1) is 12.8. The maximum Gasteiger partial charge on any atom is 0.387 e. The molecule has 27 heavy (non-hydrogen) atoms. The highest BCUT2D eigenvalue weighted by molar-refractivity contribution is 5.54. The normalized spacial score (nSPS) is 12.2. The lowest BCUT2D eigenvalue weighted by molar-refractivity contribution is -0.0522. The number of nitrogens with zero attached hydrogens (tertiary/aromatic N) is 3. The Morgan fingerprint density at radius 2 is 1.89 bits per heavy atom. The number of rotatable bonds is 5. The number of aromatic amines is 1. The Morgan fingerprint density at radius 1 is 1.11 bits per heavy atom. The lowest BCUT2D eigenvalue weighted by Gasteiger charge is -2.14. The molecule has 3 aromatic rings. The van der Waals surface area contributed by atoms with Crippen LogP contribution < -0.4 is 10.3 Å². The van der Waals surface area contributed by atoms with E-state index >= 15 is 0 Å². The van der Waals surface area contributed by atoms with Crippen molar-refractivity contribution < 1.29 is 17.9 Å². The molecule has 0 aliphatic rings. The van der Waals surface area contributed by atoms with Crippen LogP contribution in [0.1, 0.15) is 29.9 Å². The van der Waals surface area contributed by atoms with Crippen LogP contribution in [0.25, 0.3) is 11.4 Å². The number of benzene rings is 1. The van der Waals surface area contributed by atoms with Crippen molar-refractivity contribution in [3.8, 4) is 17.1 Å². The van der Waals surface area contributed by atoms with Gasteiger partial charge in [-0.05, 0) is 30.7 Å². The van der Waals surface area contributed by atoms with E-state index in [4.69, 9.17) is 0 Å². The Morgan fingerprint density at radius 3 is 2.56 bits per heavy atom. The van der Waals surface area contributed by atoms with Crippen LogP contribution in [0.4, 0.5) is 13.2 Å². The molecule has 0 saturated carbocycles. The Labute approximate surface area is 152 Å². The Balaban J connectivity index is 1.92. The molecule has 1 aromatic carbocycles. The molecule has 0 spiro atoms. The molecular weight excluding hydrogens is 361 g/mol. The number of aryl methyl sites for hydroxylation is 1. The zero-order chi connectivity index (χ0) is 19.6. The molecule has 2 aromatic heterocycles. The molecule has 0 aliphatic carbocycles. The summed E-state index contributed by atoms with van der Waals surface area (Å²) >= 11 is 0. The first-order valence-corrected chi connectivity index (χ1v) is 7.98. The average molecular weight is 376 g/mol. The second-order valence-electron chi connectivity index (χ2n) is 5.83. The van der Waals surface area contributed by atoms with Crippen molar-refractivity contribution in [3.63, 3.8) is 0 Å². The van der Waals surface area contributed by atoms with Gasteiger partial charge in [-0.25, -0.2) is 19.3 Å². The predicted octanol–water partition coefficient (Wildman–Crippen LogP) is 3.43. The fraction of sp³-hybridized carbons (Fsp3) is 0.222. The molecule has 0 saturated heterocycles. The molecule has 1 atom stereocenters. The van der Waals surface area contributed by atoms with E-state index in [2.05, 4.69) is 24.7 Å². The third-order valence-electron chi connectivity index (χ3n) is 3.93. The topological polar surface area (TPSA) is 80.8 Å². The summed E-state index contributed by atoms with van der Waals surface area (Å²) in [5, 5.41) is 0. The van der Waals surface area contributed by atoms with Gasteiger partial charge in [0.2, 0.25) is 0 Å². The molecule has 0 amide bonds. The number of nitrogens with one attached hydrogen (secondary N) is 1. The molecular formula is C18H15F3N4O2. The number of hydrogen-bond acceptors (Lipinski definition) is 5. The summed E-state index contributed by atoms with van der Waals surface area (Å²) in [6, 6.07) is 6.73. The smallest absolute Gasteiger partial charge is 0.387 e. The number of ether oxygens (including phenoxy) is 1. The van der Waals surface area contributed by atoms with Gasteiger partial charge < -0.3 is 9.72 Å². The molecule has 6 nitrogen and oxygen atoms in total. The lowest BCUT2D eigenvalue weighted by atomic mass is 9.96. The van der Waals surface area contributed by atoms with E-state index < -0.39 is 18.2 Å². The number of hydrogen-bond donors (Lipinski definition) is 1. The van der Waals surface area contributed by atoms with Gasteiger partial charge in [-0.1, -0.05) is 13.0 Å². The first kappa shape index (κ1) is 18.6. The molecule has 0 aliphatic heterocycles. The van der Waals surface area contributed by atoms with Gasteiger partial charge in [0.25, 0.3) is 5.56 Å². The van der Waals surface area contributed by atoms with Gasteiger partial charge in [-0.2, -0.15) is 8.78 Å². The molecule has 0 unspecified atom stereocenters. The van der Waals surface area contributed by atoms with Gasteiger partial charge in [0.1, 0.15) is 12.2 Å². The van der Waals surface area contributed by atoms with Gasteiger partial charge in [-0.15, -0.1) is 0 Å². The van der Waals surface area contributed by atoms with Crippen LogP contribution in [0.5, 0.6) is 5.75 Å². The maximum atomic E-state index is 14.0.